The third-order valence-electron chi connectivity index (χ3n) is 4.08. The Morgan fingerprint density at radius 2 is 1.59 bits per heavy atom. The molecule has 10 heteroatoms. The van der Waals surface area contributed by atoms with E-state index in [1.54, 1.807) is 18.2 Å². The van der Waals surface area contributed by atoms with E-state index in [9.17, 15) is 18.0 Å². The summed E-state index contributed by atoms with van der Waals surface area (Å²) in [6.45, 7) is 1.88. The number of nitrogens with one attached hydrogen (secondary N) is 2. The maximum Gasteiger partial charge on any atom is 0.243 e. The molecule has 0 saturated heterocycles. The Balaban J connectivity index is 1.64. The summed E-state index contributed by atoms with van der Waals surface area (Å²) in [5.41, 5.74) is 0.958. The van der Waals surface area contributed by atoms with Crippen LogP contribution in [0.2, 0.25) is 0 Å². The van der Waals surface area contributed by atoms with E-state index in [0.717, 1.165) is 4.31 Å². The van der Waals surface area contributed by atoms with Gasteiger partial charge in [-0.1, -0.05) is 0 Å². The standard InChI is InChI=1S/C19H21N3O6S/c1-13(23)20-14-3-6-16(7-4-14)29(25,26)22(2)12-19(24)21-15-5-8-17-18(11-15)28-10-9-27-17/h3-8,11H,9-10,12H2,1-2H3,(H,20,23)(H,21,24). The molecule has 0 aromatic heterocycles. The van der Waals surface area contributed by atoms with Gasteiger partial charge in [0.15, 0.2) is 11.5 Å². The number of hydrogen-bond donors (Lipinski definition) is 2. The number of benzene rings is 2. The fourth-order valence-corrected chi connectivity index (χ4v) is 3.83. The molecule has 0 saturated carbocycles. The minimum atomic E-state index is -3.87. The summed E-state index contributed by atoms with van der Waals surface area (Å²) in [5.74, 6) is 0.363. The van der Waals surface area contributed by atoms with Crippen molar-refractivity contribution in [1.82, 2.24) is 4.31 Å². The van der Waals surface area contributed by atoms with Crippen LogP contribution in [0.15, 0.2) is 47.4 Å². The Bertz CT molecular complexity index is 1020. The summed E-state index contributed by atoms with van der Waals surface area (Å²) in [7, 11) is -2.55. The van der Waals surface area contributed by atoms with Gasteiger partial charge in [-0.25, -0.2) is 8.42 Å². The quantitative estimate of drug-likeness (QED) is 0.736. The number of rotatable bonds is 6. The van der Waals surface area contributed by atoms with Crippen LogP contribution in [0.3, 0.4) is 0 Å². The molecule has 2 aromatic rings. The second-order valence-electron chi connectivity index (χ2n) is 6.37. The van der Waals surface area contributed by atoms with E-state index >= 15 is 0 Å². The molecule has 0 spiro atoms. The van der Waals surface area contributed by atoms with E-state index in [1.807, 2.05) is 0 Å². The molecule has 2 N–H and O–H groups in total. The van der Waals surface area contributed by atoms with Crippen LogP contribution in [0.25, 0.3) is 0 Å². The second kappa shape index (κ2) is 8.50. The van der Waals surface area contributed by atoms with Crippen LogP contribution in [0.5, 0.6) is 11.5 Å². The van der Waals surface area contributed by atoms with Crippen LogP contribution < -0.4 is 20.1 Å². The molecule has 3 rings (SSSR count). The molecule has 1 aliphatic rings. The van der Waals surface area contributed by atoms with Crippen molar-refractivity contribution in [2.45, 2.75) is 11.8 Å². The van der Waals surface area contributed by atoms with Crippen LogP contribution in [0.4, 0.5) is 11.4 Å². The molecule has 0 bridgehead atoms. The number of ether oxygens (including phenoxy) is 2. The third kappa shape index (κ3) is 5.04. The first-order valence-electron chi connectivity index (χ1n) is 8.79. The van der Waals surface area contributed by atoms with E-state index in [1.165, 1.54) is 38.2 Å². The molecule has 0 fully saturated rings. The number of sulfonamides is 1. The van der Waals surface area contributed by atoms with E-state index in [0.29, 0.717) is 36.1 Å². The SMILES string of the molecule is CC(=O)Nc1ccc(S(=O)(=O)N(C)CC(=O)Nc2ccc3c(c2)OCCO3)cc1. The Kier molecular flexibility index (Phi) is 6.04. The first kappa shape index (κ1) is 20.6. The van der Waals surface area contributed by atoms with Gasteiger partial charge < -0.3 is 20.1 Å². The first-order valence-corrected chi connectivity index (χ1v) is 10.2. The van der Waals surface area contributed by atoms with Crippen LogP contribution in [0, 0.1) is 0 Å². The van der Waals surface area contributed by atoms with E-state index in [-0.39, 0.29) is 17.3 Å². The van der Waals surface area contributed by atoms with Gasteiger partial charge in [0.2, 0.25) is 21.8 Å². The number of carbonyl (C=O) groups is 2. The second-order valence-corrected chi connectivity index (χ2v) is 8.42. The predicted molar refractivity (Wildman–Crippen MR) is 107 cm³/mol. The zero-order valence-corrected chi connectivity index (χ0v) is 16.8. The molecule has 9 nitrogen and oxygen atoms in total. The Hall–Kier alpha value is -3.11. The van der Waals surface area contributed by atoms with Crippen molar-refractivity contribution in [2.75, 3.05) is 37.4 Å². The van der Waals surface area contributed by atoms with E-state index in [2.05, 4.69) is 10.6 Å². The Labute approximate surface area is 168 Å². The van der Waals surface area contributed by atoms with Gasteiger partial charge in [0.1, 0.15) is 13.2 Å². The van der Waals surface area contributed by atoms with E-state index < -0.39 is 15.9 Å². The fraction of sp³-hybridized carbons (Fsp3) is 0.263. The zero-order valence-electron chi connectivity index (χ0n) is 16.0. The highest BCUT2D eigenvalue weighted by molar-refractivity contribution is 7.89. The number of carbonyl (C=O) groups excluding carboxylic acids is 2. The van der Waals surface area contributed by atoms with Crippen molar-refractivity contribution < 1.29 is 27.5 Å². The minimum Gasteiger partial charge on any atom is -0.486 e. The molecular weight excluding hydrogens is 398 g/mol. The normalized spacial score (nSPS) is 13.1. The number of hydrogen-bond acceptors (Lipinski definition) is 6. The maximum absolute atomic E-state index is 12.7. The third-order valence-corrected chi connectivity index (χ3v) is 5.89. The van der Waals surface area contributed by atoms with Crippen molar-refractivity contribution in [3.05, 3.63) is 42.5 Å². The number of anilines is 2. The van der Waals surface area contributed by atoms with Crippen molar-refractivity contribution in [3.8, 4) is 11.5 Å². The summed E-state index contributed by atoms with van der Waals surface area (Å²) < 4.78 is 37.2. The van der Waals surface area contributed by atoms with Gasteiger partial charge in [-0.15, -0.1) is 0 Å². The molecule has 0 aliphatic carbocycles. The Morgan fingerprint density at radius 1 is 0.966 bits per heavy atom. The lowest BCUT2D eigenvalue weighted by molar-refractivity contribution is -0.116. The molecule has 1 heterocycles. The van der Waals surface area contributed by atoms with Gasteiger partial charge in [0.25, 0.3) is 0 Å². The highest BCUT2D eigenvalue weighted by atomic mass is 32.2. The highest BCUT2D eigenvalue weighted by Gasteiger charge is 2.23. The Morgan fingerprint density at radius 3 is 2.24 bits per heavy atom. The largest absolute Gasteiger partial charge is 0.486 e. The van der Waals surface area contributed by atoms with Gasteiger partial charge >= 0.3 is 0 Å². The maximum atomic E-state index is 12.7. The molecule has 154 valence electrons. The topological polar surface area (TPSA) is 114 Å². The van der Waals surface area contributed by atoms with Crippen molar-refractivity contribution in [2.24, 2.45) is 0 Å². The highest BCUT2D eigenvalue weighted by Crippen LogP contribution is 2.32. The average Bonchev–Trinajstić information content (AvgIpc) is 2.67. The molecule has 0 atom stereocenters. The molecule has 29 heavy (non-hydrogen) atoms. The summed E-state index contributed by atoms with van der Waals surface area (Å²) in [5, 5.41) is 5.21. The lowest BCUT2D eigenvalue weighted by Crippen LogP contribution is -2.35. The zero-order chi connectivity index (χ0) is 21.0. The predicted octanol–water partition coefficient (Wildman–Crippen LogP) is 1.68. The smallest absolute Gasteiger partial charge is 0.243 e. The lowest BCUT2D eigenvalue weighted by atomic mass is 10.2. The first-order chi connectivity index (χ1) is 13.8. The van der Waals surface area contributed by atoms with Crippen molar-refractivity contribution in [1.29, 1.82) is 0 Å². The summed E-state index contributed by atoms with van der Waals surface area (Å²) in [6.07, 6.45) is 0. The summed E-state index contributed by atoms with van der Waals surface area (Å²) in [4.78, 5) is 23.4. The molecule has 0 unspecified atom stereocenters. The van der Waals surface area contributed by atoms with Crippen molar-refractivity contribution >= 4 is 33.2 Å². The summed E-state index contributed by atoms with van der Waals surface area (Å²) >= 11 is 0. The lowest BCUT2D eigenvalue weighted by Gasteiger charge is -2.20. The van der Waals surface area contributed by atoms with Crippen molar-refractivity contribution in [3.63, 3.8) is 0 Å². The number of nitrogens with zero attached hydrogens (tertiary/aromatic N) is 1. The molecule has 0 radical (unpaired) electrons. The van der Waals surface area contributed by atoms with Crippen LogP contribution in [-0.4, -0.2) is 51.3 Å². The molecule has 1 aliphatic heterocycles. The van der Waals surface area contributed by atoms with Gasteiger partial charge in [-0.05, 0) is 36.4 Å². The van der Waals surface area contributed by atoms with Gasteiger partial charge in [-0.3, -0.25) is 9.59 Å². The van der Waals surface area contributed by atoms with Gasteiger partial charge in [0.05, 0.1) is 11.4 Å². The van der Waals surface area contributed by atoms with Crippen LogP contribution >= 0.6 is 0 Å². The fourth-order valence-electron chi connectivity index (χ4n) is 2.70. The number of fused-ring (bicyclic) bond motifs is 1. The number of amides is 2. The number of likely N-dealkylation sites (N-methyl/N-ethyl adjacent to an activating group) is 1. The van der Waals surface area contributed by atoms with Crippen LogP contribution in [-0.2, 0) is 19.6 Å². The van der Waals surface area contributed by atoms with E-state index in [4.69, 9.17) is 9.47 Å². The summed E-state index contributed by atoms with van der Waals surface area (Å²) in [6, 6.07) is 10.7. The molecule has 2 amide bonds. The average molecular weight is 419 g/mol. The van der Waals surface area contributed by atoms with Gasteiger partial charge in [0, 0.05) is 31.4 Å². The minimum absolute atomic E-state index is 0.0150. The molecular formula is C19H21N3O6S. The molecule has 2 aromatic carbocycles. The van der Waals surface area contributed by atoms with Crippen LogP contribution in [0.1, 0.15) is 6.92 Å². The monoisotopic (exact) mass is 419 g/mol. The van der Waals surface area contributed by atoms with Gasteiger partial charge in [-0.2, -0.15) is 4.31 Å².